The summed E-state index contributed by atoms with van der Waals surface area (Å²) in [6.45, 7) is 8.53. The van der Waals surface area contributed by atoms with Gasteiger partial charge in [-0.2, -0.15) is 0 Å². The van der Waals surface area contributed by atoms with Gasteiger partial charge in [0.15, 0.2) is 5.16 Å². The fraction of sp³-hybridized carbons (Fsp3) is 0.526. The highest BCUT2D eigenvalue weighted by Crippen LogP contribution is 2.23. The van der Waals surface area contributed by atoms with Crippen LogP contribution in [0.25, 0.3) is 10.9 Å². The molecule has 0 N–H and O–H groups in total. The Kier molecular flexibility index (Phi) is 5.47. The molecule has 1 aromatic heterocycles. The summed E-state index contributed by atoms with van der Waals surface area (Å²) >= 11 is 1.37. The summed E-state index contributed by atoms with van der Waals surface area (Å²) in [5.74, 6) is 1.55. The first-order chi connectivity index (χ1) is 12.0. The second-order valence-corrected chi connectivity index (χ2v) is 7.94. The van der Waals surface area contributed by atoms with E-state index in [0.717, 1.165) is 13.1 Å². The molecule has 1 aliphatic heterocycles. The van der Waals surface area contributed by atoms with Crippen LogP contribution in [-0.2, 0) is 11.3 Å². The van der Waals surface area contributed by atoms with Gasteiger partial charge in [0.1, 0.15) is 0 Å². The zero-order valence-electron chi connectivity index (χ0n) is 15.1. The molecule has 0 radical (unpaired) electrons. The van der Waals surface area contributed by atoms with E-state index in [1.165, 1.54) is 18.2 Å². The molecule has 2 heterocycles. The largest absolute Gasteiger partial charge is 0.341 e. The van der Waals surface area contributed by atoms with Crippen LogP contribution in [0.15, 0.2) is 34.2 Å². The number of rotatable bonds is 4. The molecule has 1 amide bonds. The summed E-state index contributed by atoms with van der Waals surface area (Å²) in [6.07, 6.45) is 1.18. The van der Waals surface area contributed by atoms with E-state index in [0.29, 0.717) is 40.2 Å². The average Bonchev–Trinajstić information content (AvgIpc) is 2.59. The molecule has 0 bridgehead atoms. The Labute approximate surface area is 152 Å². The van der Waals surface area contributed by atoms with Gasteiger partial charge in [0, 0.05) is 19.6 Å². The summed E-state index contributed by atoms with van der Waals surface area (Å²) in [4.78, 5) is 31.8. The van der Waals surface area contributed by atoms with Gasteiger partial charge in [0.25, 0.3) is 5.56 Å². The number of aromatic nitrogens is 2. The van der Waals surface area contributed by atoms with Gasteiger partial charge < -0.3 is 4.90 Å². The van der Waals surface area contributed by atoms with Crippen molar-refractivity contribution < 1.29 is 4.79 Å². The van der Waals surface area contributed by atoms with Crippen molar-refractivity contribution >= 4 is 28.6 Å². The van der Waals surface area contributed by atoms with Crippen molar-refractivity contribution in [2.45, 2.75) is 38.9 Å². The van der Waals surface area contributed by atoms with Gasteiger partial charge in [-0.3, -0.25) is 14.2 Å². The molecule has 1 fully saturated rings. The third kappa shape index (κ3) is 3.89. The van der Waals surface area contributed by atoms with Crippen molar-refractivity contribution in [1.82, 2.24) is 14.5 Å². The fourth-order valence-corrected chi connectivity index (χ4v) is 4.59. The van der Waals surface area contributed by atoms with Crippen molar-refractivity contribution in [3.8, 4) is 0 Å². The Morgan fingerprint density at radius 1 is 1.24 bits per heavy atom. The molecule has 1 aliphatic rings. The Morgan fingerprint density at radius 2 is 1.92 bits per heavy atom. The van der Waals surface area contributed by atoms with Crippen molar-refractivity contribution in [1.29, 1.82) is 0 Å². The van der Waals surface area contributed by atoms with E-state index in [1.807, 2.05) is 30.0 Å². The first-order valence-corrected chi connectivity index (χ1v) is 9.88. The second-order valence-electron chi connectivity index (χ2n) is 6.99. The van der Waals surface area contributed by atoms with E-state index in [1.54, 1.807) is 10.6 Å². The number of benzene rings is 1. The van der Waals surface area contributed by atoms with E-state index < -0.39 is 0 Å². The minimum absolute atomic E-state index is 0.0386. The molecule has 3 rings (SSSR count). The zero-order valence-corrected chi connectivity index (χ0v) is 15.9. The van der Waals surface area contributed by atoms with Gasteiger partial charge in [-0.1, -0.05) is 37.7 Å². The van der Waals surface area contributed by atoms with Crippen molar-refractivity contribution in [3.63, 3.8) is 0 Å². The molecule has 134 valence electrons. The van der Waals surface area contributed by atoms with Crippen LogP contribution < -0.4 is 5.56 Å². The average molecular weight is 359 g/mol. The van der Waals surface area contributed by atoms with Crippen molar-refractivity contribution in [2.24, 2.45) is 11.8 Å². The first kappa shape index (κ1) is 18.0. The normalized spacial score (nSPS) is 20.8. The van der Waals surface area contributed by atoms with Crippen LogP contribution in [0.3, 0.4) is 0 Å². The molecule has 0 aliphatic carbocycles. The van der Waals surface area contributed by atoms with E-state index in [9.17, 15) is 9.59 Å². The topological polar surface area (TPSA) is 55.2 Å². The molecule has 2 atom stereocenters. The Balaban J connectivity index is 1.79. The van der Waals surface area contributed by atoms with Gasteiger partial charge in [-0.05, 0) is 37.3 Å². The number of hydrogen-bond donors (Lipinski definition) is 0. The van der Waals surface area contributed by atoms with Gasteiger partial charge in [0.2, 0.25) is 5.91 Å². The number of piperidine rings is 1. The van der Waals surface area contributed by atoms with Crippen LogP contribution in [-0.4, -0.2) is 39.2 Å². The van der Waals surface area contributed by atoms with Gasteiger partial charge in [-0.15, -0.1) is 0 Å². The van der Waals surface area contributed by atoms with E-state index in [-0.39, 0.29) is 11.5 Å². The molecule has 0 saturated carbocycles. The molecule has 6 heteroatoms. The SMILES string of the molecule is CCn1c(SCC(=O)N2CC(C)CC(C)C2)nc2ccccc2c1=O. The number of amides is 1. The third-order valence-corrected chi connectivity index (χ3v) is 5.65. The number of likely N-dealkylation sites (tertiary alicyclic amines) is 1. The molecule has 0 spiro atoms. The standard InChI is InChI=1S/C19H25N3O2S/c1-4-22-18(24)15-7-5-6-8-16(15)20-19(22)25-12-17(23)21-10-13(2)9-14(3)11-21/h5-8,13-14H,4,9-12H2,1-3H3. The predicted octanol–water partition coefficient (Wildman–Crippen LogP) is 3.01. The zero-order chi connectivity index (χ0) is 18.0. The lowest BCUT2D eigenvalue weighted by molar-refractivity contribution is -0.130. The lowest BCUT2D eigenvalue weighted by atomic mass is 9.92. The minimum Gasteiger partial charge on any atom is -0.341 e. The van der Waals surface area contributed by atoms with Crippen LogP contribution in [0.1, 0.15) is 27.2 Å². The Morgan fingerprint density at radius 3 is 2.60 bits per heavy atom. The maximum atomic E-state index is 12.6. The first-order valence-electron chi connectivity index (χ1n) is 8.89. The number of carbonyl (C=O) groups is 1. The lowest BCUT2D eigenvalue weighted by Crippen LogP contribution is -2.43. The molecule has 25 heavy (non-hydrogen) atoms. The number of nitrogens with zero attached hydrogens (tertiary/aromatic N) is 3. The number of carbonyl (C=O) groups excluding carboxylic acids is 1. The second kappa shape index (κ2) is 7.60. The van der Waals surface area contributed by atoms with Crippen LogP contribution in [0.5, 0.6) is 0 Å². The molecular formula is C19H25N3O2S. The Bertz CT molecular complexity index is 823. The van der Waals surface area contributed by atoms with Crippen LogP contribution in [0.2, 0.25) is 0 Å². The summed E-state index contributed by atoms with van der Waals surface area (Å²) in [5, 5.41) is 1.25. The summed E-state index contributed by atoms with van der Waals surface area (Å²) < 4.78 is 1.65. The fourth-order valence-electron chi connectivity index (χ4n) is 3.62. The van der Waals surface area contributed by atoms with Crippen molar-refractivity contribution in [3.05, 3.63) is 34.6 Å². The maximum Gasteiger partial charge on any atom is 0.262 e. The highest BCUT2D eigenvalue weighted by Gasteiger charge is 2.25. The van der Waals surface area contributed by atoms with E-state index in [2.05, 4.69) is 18.8 Å². The highest BCUT2D eigenvalue weighted by atomic mass is 32.2. The number of thioether (sulfide) groups is 1. The number of hydrogen-bond acceptors (Lipinski definition) is 4. The molecular weight excluding hydrogens is 334 g/mol. The summed E-state index contributed by atoms with van der Waals surface area (Å²) in [6, 6.07) is 7.37. The number of para-hydroxylation sites is 1. The monoisotopic (exact) mass is 359 g/mol. The van der Waals surface area contributed by atoms with E-state index in [4.69, 9.17) is 0 Å². The van der Waals surface area contributed by atoms with Crippen LogP contribution in [0.4, 0.5) is 0 Å². The summed E-state index contributed by atoms with van der Waals surface area (Å²) in [5.41, 5.74) is 0.649. The highest BCUT2D eigenvalue weighted by molar-refractivity contribution is 7.99. The van der Waals surface area contributed by atoms with Gasteiger partial charge >= 0.3 is 0 Å². The third-order valence-electron chi connectivity index (χ3n) is 4.69. The lowest BCUT2D eigenvalue weighted by Gasteiger charge is -2.35. The Hall–Kier alpha value is -1.82. The predicted molar refractivity (Wildman–Crippen MR) is 102 cm³/mol. The minimum atomic E-state index is -0.0386. The number of fused-ring (bicyclic) bond motifs is 1. The quantitative estimate of drug-likeness (QED) is 0.622. The van der Waals surface area contributed by atoms with Crippen LogP contribution in [0, 0.1) is 11.8 Å². The van der Waals surface area contributed by atoms with Crippen LogP contribution >= 0.6 is 11.8 Å². The molecule has 2 unspecified atom stereocenters. The summed E-state index contributed by atoms with van der Waals surface area (Å²) in [7, 11) is 0. The molecule has 1 saturated heterocycles. The maximum absolute atomic E-state index is 12.6. The van der Waals surface area contributed by atoms with Gasteiger partial charge in [-0.25, -0.2) is 4.98 Å². The molecule has 1 aromatic carbocycles. The molecule has 2 aromatic rings. The molecule has 5 nitrogen and oxygen atoms in total. The van der Waals surface area contributed by atoms with E-state index >= 15 is 0 Å². The van der Waals surface area contributed by atoms with Gasteiger partial charge in [0.05, 0.1) is 16.7 Å². The smallest absolute Gasteiger partial charge is 0.262 e. The van der Waals surface area contributed by atoms with Crippen molar-refractivity contribution in [2.75, 3.05) is 18.8 Å².